The molecule has 1 saturated heterocycles. The summed E-state index contributed by atoms with van der Waals surface area (Å²) in [6, 6.07) is 0.373. The van der Waals surface area contributed by atoms with Crippen molar-refractivity contribution < 1.29 is 14.3 Å². The van der Waals surface area contributed by atoms with Crippen LogP contribution < -0.4 is 10.6 Å². The summed E-state index contributed by atoms with van der Waals surface area (Å²) in [5.41, 5.74) is -0.446. The molecule has 0 aliphatic carbocycles. The van der Waals surface area contributed by atoms with Crippen molar-refractivity contribution in [3.63, 3.8) is 0 Å². The zero-order valence-electron chi connectivity index (χ0n) is 13.7. The van der Waals surface area contributed by atoms with Gasteiger partial charge >= 0.3 is 6.09 Å². The Morgan fingerprint density at radius 1 is 1.24 bits per heavy atom. The van der Waals surface area contributed by atoms with E-state index in [1.165, 1.54) is 0 Å². The van der Waals surface area contributed by atoms with Crippen LogP contribution in [0.15, 0.2) is 0 Å². The van der Waals surface area contributed by atoms with Gasteiger partial charge in [0.15, 0.2) is 0 Å². The van der Waals surface area contributed by atoms with Crippen LogP contribution in [0, 0.1) is 0 Å². The molecule has 6 heteroatoms. The lowest BCUT2D eigenvalue weighted by Crippen LogP contribution is -2.47. The molecule has 1 aliphatic heterocycles. The lowest BCUT2D eigenvalue weighted by atomic mass is 10.1. The summed E-state index contributed by atoms with van der Waals surface area (Å²) in [5, 5.41) is 6.16. The summed E-state index contributed by atoms with van der Waals surface area (Å²) < 4.78 is 5.37. The van der Waals surface area contributed by atoms with Gasteiger partial charge in [0.1, 0.15) is 5.60 Å². The molecular weight excluding hydrogens is 270 g/mol. The van der Waals surface area contributed by atoms with Crippen LogP contribution in [0.25, 0.3) is 0 Å². The number of carbonyl (C=O) groups excluding carboxylic acids is 2. The van der Waals surface area contributed by atoms with Crippen LogP contribution in [0.4, 0.5) is 4.79 Å². The number of likely N-dealkylation sites (tertiary alicyclic amines) is 1. The van der Waals surface area contributed by atoms with Gasteiger partial charge < -0.3 is 20.3 Å². The molecular formula is C15H29N3O3. The standard InChI is InChI=1S/C15H29N3O3/c1-5-16-13(19)6-9-17-12-7-10-18(11-8-12)14(20)21-15(2,3)4/h12,17H,5-11H2,1-4H3,(H,16,19). The number of hydrogen-bond acceptors (Lipinski definition) is 4. The van der Waals surface area contributed by atoms with Gasteiger partial charge in [0, 0.05) is 38.6 Å². The van der Waals surface area contributed by atoms with Gasteiger partial charge in [0.2, 0.25) is 5.91 Å². The molecule has 2 N–H and O–H groups in total. The number of piperidine rings is 1. The second kappa shape index (κ2) is 8.22. The Morgan fingerprint density at radius 3 is 2.38 bits per heavy atom. The largest absolute Gasteiger partial charge is 0.444 e. The number of nitrogens with zero attached hydrogens (tertiary/aromatic N) is 1. The average Bonchev–Trinajstić information content (AvgIpc) is 2.38. The highest BCUT2D eigenvalue weighted by molar-refractivity contribution is 5.75. The smallest absolute Gasteiger partial charge is 0.410 e. The summed E-state index contributed by atoms with van der Waals surface area (Å²) in [6.45, 7) is 10.3. The molecule has 2 amide bonds. The zero-order chi connectivity index (χ0) is 15.9. The molecule has 0 aromatic rings. The van der Waals surface area contributed by atoms with E-state index in [-0.39, 0.29) is 12.0 Å². The van der Waals surface area contributed by atoms with Crippen LogP contribution in [-0.4, -0.2) is 54.7 Å². The highest BCUT2D eigenvalue weighted by Crippen LogP contribution is 2.15. The lowest BCUT2D eigenvalue weighted by Gasteiger charge is -2.33. The molecule has 122 valence electrons. The maximum atomic E-state index is 11.9. The van der Waals surface area contributed by atoms with E-state index < -0.39 is 5.60 Å². The van der Waals surface area contributed by atoms with Crippen molar-refractivity contribution in [3.05, 3.63) is 0 Å². The summed E-state index contributed by atoms with van der Waals surface area (Å²) in [4.78, 5) is 25.0. The Hall–Kier alpha value is -1.30. The predicted octanol–water partition coefficient (Wildman–Crippen LogP) is 1.50. The molecule has 0 radical (unpaired) electrons. The van der Waals surface area contributed by atoms with Crippen LogP contribution in [0.2, 0.25) is 0 Å². The molecule has 21 heavy (non-hydrogen) atoms. The monoisotopic (exact) mass is 299 g/mol. The number of amides is 2. The van der Waals surface area contributed by atoms with Gasteiger partial charge in [-0.1, -0.05) is 0 Å². The third kappa shape index (κ3) is 7.32. The van der Waals surface area contributed by atoms with Crippen LogP contribution in [0.5, 0.6) is 0 Å². The molecule has 1 heterocycles. The predicted molar refractivity (Wildman–Crippen MR) is 82.1 cm³/mol. The van der Waals surface area contributed by atoms with Crippen molar-refractivity contribution in [2.45, 2.75) is 58.6 Å². The maximum absolute atomic E-state index is 11.9. The van der Waals surface area contributed by atoms with E-state index in [1.807, 2.05) is 27.7 Å². The third-order valence-corrected chi connectivity index (χ3v) is 3.31. The van der Waals surface area contributed by atoms with Crippen molar-refractivity contribution in [2.75, 3.05) is 26.2 Å². The minimum absolute atomic E-state index is 0.0798. The third-order valence-electron chi connectivity index (χ3n) is 3.31. The first kappa shape index (κ1) is 17.8. The maximum Gasteiger partial charge on any atom is 0.410 e. The van der Waals surface area contributed by atoms with Crippen LogP contribution >= 0.6 is 0 Å². The van der Waals surface area contributed by atoms with Crippen molar-refractivity contribution in [3.8, 4) is 0 Å². The SMILES string of the molecule is CCNC(=O)CCNC1CCN(C(=O)OC(C)(C)C)CC1. The van der Waals surface area contributed by atoms with E-state index in [0.29, 0.717) is 38.6 Å². The van der Waals surface area contributed by atoms with Crippen molar-refractivity contribution in [1.82, 2.24) is 15.5 Å². The summed E-state index contributed by atoms with van der Waals surface area (Å²) in [7, 11) is 0. The highest BCUT2D eigenvalue weighted by Gasteiger charge is 2.26. The number of hydrogen-bond donors (Lipinski definition) is 2. The van der Waals surface area contributed by atoms with Crippen LogP contribution in [0.3, 0.4) is 0 Å². The summed E-state index contributed by atoms with van der Waals surface area (Å²) >= 11 is 0. The average molecular weight is 299 g/mol. The molecule has 0 aromatic heterocycles. The molecule has 1 aliphatic rings. The lowest BCUT2D eigenvalue weighted by molar-refractivity contribution is -0.120. The zero-order valence-corrected chi connectivity index (χ0v) is 13.7. The van der Waals surface area contributed by atoms with E-state index in [4.69, 9.17) is 4.74 Å². The summed E-state index contributed by atoms with van der Waals surface area (Å²) in [5.74, 6) is 0.0798. The van der Waals surface area contributed by atoms with Gasteiger partial charge in [-0.15, -0.1) is 0 Å². The number of nitrogens with one attached hydrogen (secondary N) is 2. The fourth-order valence-electron chi connectivity index (χ4n) is 2.27. The van der Waals surface area contributed by atoms with Crippen molar-refractivity contribution in [2.24, 2.45) is 0 Å². The van der Waals surface area contributed by atoms with E-state index in [9.17, 15) is 9.59 Å². The molecule has 0 atom stereocenters. The first-order valence-electron chi connectivity index (χ1n) is 7.80. The molecule has 0 spiro atoms. The Labute approximate surface area is 127 Å². The topological polar surface area (TPSA) is 70.7 Å². The van der Waals surface area contributed by atoms with E-state index in [0.717, 1.165) is 12.8 Å². The second-order valence-electron chi connectivity index (χ2n) is 6.40. The molecule has 0 bridgehead atoms. The Kier molecular flexibility index (Phi) is 6.95. The number of rotatable bonds is 5. The van der Waals surface area contributed by atoms with Crippen molar-refractivity contribution in [1.29, 1.82) is 0 Å². The first-order valence-corrected chi connectivity index (χ1v) is 7.80. The molecule has 0 saturated carbocycles. The van der Waals surface area contributed by atoms with Crippen molar-refractivity contribution >= 4 is 12.0 Å². The first-order chi connectivity index (χ1) is 9.81. The van der Waals surface area contributed by atoms with Crippen LogP contribution in [0.1, 0.15) is 47.0 Å². The van der Waals surface area contributed by atoms with Gasteiger partial charge in [0.25, 0.3) is 0 Å². The van der Waals surface area contributed by atoms with E-state index in [1.54, 1.807) is 4.90 Å². The Bertz CT molecular complexity index is 345. The Balaban J connectivity index is 2.20. The molecule has 1 fully saturated rings. The Morgan fingerprint density at radius 2 is 1.86 bits per heavy atom. The fraction of sp³-hybridized carbons (Fsp3) is 0.867. The van der Waals surface area contributed by atoms with Gasteiger partial charge in [-0.3, -0.25) is 4.79 Å². The second-order valence-corrected chi connectivity index (χ2v) is 6.40. The molecule has 0 unspecified atom stereocenters. The quantitative estimate of drug-likeness (QED) is 0.807. The van der Waals surface area contributed by atoms with Crippen LogP contribution in [-0.2, 0) is 9.53 Å². The van der Waals surface area contributed by atoms with Gasteiger partial charge in [-0.2, -0.15) is 0 Å². The van der Waals surface area contributed by atoms with Gasteiger partial charge in [-0.05, 0) is 40.5 Å². The molecule has 6 nitrogen and oxygen atoms in total. The highest BCUT2D eigenvalue weighted by atomic mass is 16.6. The van der Waals surface area contributed by atoms with E-state index in [2.05, 4.69) is 10.6 Å². The summed E-state index contributed by atoms with van der Waals surface area (Å²) in [6.07, 6.45) is 2.06. The fourth-order valence-corrected chi connectivity index (χ4v) is 2.27. The van der Waals surface area contributed by atoms with Gasteiger partial charge in [-0.25, -0.2) is 4.79 Å². The minimum Gasteiger partial charge on any atom is -0.444 e. The van der Waals surface area contributed by atoms with E-state index >= 15 is 0 Å². The molecule has 1 rings (SSSR count). The van der Waals surface area contributed by atoms with Gasteiger partial charge in [0.05, 0.1) is 0 Å². The normalized spacial score (nSPS) is 16.7. The minimum atomic E-state index is -0.446. The number of carbonyl (C=O) groups is 2. The molecule has 0 aromatic carbocycles. The number of ether oxygens (including phenoxy) is 1.